The molecule has 2 N–H and O–H groups in total. The predicted molar refractivity (Wildman–Crippen MR) is 126 cm³/mol. The smallest absolute Gasteiger partial charge is 0.388 e. The van der Waals surface area contributed by atoms with E-state index in [4.69, 9.17) is 4.74 Å². The Bertz CT molecular complexity index is 990. The highest BCUT2D eigenvalue weighted by atomic mass is 19.4. The van der Waals surface area contributed by atoms with E-state index in [1.807, 2.05) is 25.2 Å². The molecule has 2 aromatic rings. The standard InChI is InChI=1S/C26H32F3N3O2/c1-30-22-11-7-6-10-20(22)21-18-31-15-12-24(21)13-16-32(17-14-24)23(33)25(34-2,26(27,28)29)19-8-4-3-5-9-19/h3-11,21,30-31H,12-18H2,1-2H3/t21-,25+/m0/s1. The summed E-state index contributed by atoms with van der Waals surface area (Å²) in [5.41, 5.74) is -1.00. The van der Waals surface area contributed by atoms with Gasteiger partial charge in [-0.1, -0.05) is 48.5 Å². The van der Waals surface area contributed by atoms with Crippen LogP contribution in [0.1, 0.15) is 36.3 Å². The largest absolute Gasteiger partial charge is 0.430 e. The fraction of sp³-hybridized carbons (Fsp3) is 0.500. The lowest BCUT2D eigenvalue weighted by Crippen LogP contribution is -2.59. The fourth-order valence-electron chi connectivity index (χ4n) is 5.82. The van der Waals surface area contributed by atoms with Crippen LogP contribution in [0.4, 0.5) is 18.9 Å². The van der Waals surface area contributed by atoms with Crippen molar-refractivity contribution in [2.45, 2.75) is 37.0 Å². The van der Waals surface area contributed by atoms with Crippen LogP contribution in [0.3, 0.4) is 0 Å². The number of likely N-dealkylation sites (tertiary alicyclic amines) is 1. The molecule has 0 saturated carbocycles. The average Bonchev–Trinajstić information content (AvgIpc) is 2.85. The Kier molecular flexibility index (Phi) is 6.92. The van der Waals surface area contributed by atoms with E-state index >= 15 is 0 Å². The van der Waals surface area contributed by atoms with Crippen molar-refractivity contribution in [3.8, 4) is 0 Å². The molecule has 0 unspecified atom stereocenters. The minimum Gasteiger partial charge on any atom is -0.388 e. The highest BCUT2D eigenvalue weighted by molar-refractivity contribution is 5.88. The summed E-state index contributed by atoms with van der Waals surface area (Å²) < 4.78 is 48.2. The normalized spacial score (nSPS) is 22.3. The first-order chi connectivity index (χ1) is 16.3. The number of ether oxygens (including phenoxy) is 1. The first kappa shape index (κ1) is 24.5. The first-order valence-electron chi connectivity index (χ1n) is 11.7. The Labute approximate surface area is 198 Å². The summed E-state index contributed by atoms with van der Waals surface area (Å²) in [6.07, 6.45) is -2.67. The van der Waals surface area contributed by atoms with Crippen LogP contribution in [-0.2, 0) is 15.1 Å². The zero-order chi connectivity index (χ0) is 24.4. The Balaban J connectivity index is 1.61. The lowest BCUT2D eigenvalue weighted by molar-refractivity contribution is -0.271. The molecule has 2 saturated heterocycles. The lowest BCUT2D eigenvalue weighted by Gasteiger charge is -2.51. The van der Waals surface area contributed by atoms with Crippen molar-refractivity contribution in [1.29, 1.82) is 0 Å². The number of benzene rings is 2. The second kappa shape index (κ2) is 9.58. The van der Waals surface area contributed by atoms with Gasteiger partial charge in [0.15, 0.2) is 0 Å². The Morgan fingerprint density at radius 3 is 2.32 bits per heavy atom. The summed E-state index contributed by atoms with van der Waals surface area (Å²) in [6.45, 7) is 2.21. The van der Waals surface area contributed by atoms with Crippen molar-refractivity contribution in [2.75, 3.05) is 45.7 Å². The molecular weight excluding hydrogens is 443 g/mol. The summed E-state index contributed by atoms with van der Waals surface area (Å²) >= 11 is 0. The summed E-state index contributed by atoms with van der Waals surface area (Å²) in [6, 6.07) is 15.4. The molecule has 0 bridgehead atoms. The minimum atomic E-state index is -4.89. The molecule has 2 aromatic carbocycles. The van der Waals surface area contributed by atoms with Gasteiger partial charge in [0.25, 0.3) is 11.5 Å². The van der Waals surface area contributed by atoms with Gasteiger partial charge in [0.05, 0.1) is 0 Å². The topological polar surface area (TPSA) is 53.6 Å². The van der Waals surface area contributed by atoms with Gasteiger partial charge in [0.2, 0.25) is 0 Å². The third kappa shape index (κ3) is 4.07. The van der Waals surface area contributed by atoms with Gasteiger partial charge in [-0.2, -0.15) is 13.2 Å². The first-order valence-corrected chi connectivity index (χ1v) is 11.7. The number of nitrogens with zero attached hydrogens (tertiary/aromatic N) is 1. The van der Waals surface area contributed by atoms with Gasteiger partial charge in [-0.3, -0.25) is 4.79 Å². The fourth-order valence-corrected chi connectivity index (χ4v) is 5.82. The van der Waals surface area contributed by atoms with Crippen molar-refractivity contribution >= 4 is 11.6 Å². The molecule has 4 rings (SSSR count). The third-order valence-corrected chi connectivity index (χ3v) is 7.73. The monoisotopic (exact) mass is 475 g/mol. The molecule has 2 heterocycles. The van der Waals surface area contributed by atoms with Crippen molar-refractivity contribution in [3.05, 3.63) is 65.7 Å². The van der Waals surface area contributed by atoms with Crippen molar-refractivity contribution in [2.24, 2.45) is 5.41 Å². The lowest BCUT2D eigenvalue weighted by atomic mass is 9.62. The van der Waals surface area contributed by atoms with Gasteiger partial charge in [-0.05, 0) is 42.9 Å². The maximum absolute atomic E-state index is 14.4. The van der Waals surface area contributed by atoms with E-state index in [0.29, 0.717) is 12.8 Å². The van der Waals surface area contributed by atoms with Gasteiger partial charge in [-0.15, -0.1) is 0 Å². The highest BCUT2D eigenvalue weighted by Gasteiger charge is 2.64. The molecule has 0 radical (unpaired) electrons. The number of anilines is 1. The number of carbonyl (C=O) groups is 1. The number of nitrogens with one attached hydrogen (secondary N) is 2. The predicted octanol–water partition coefficient (Wildman–Crippen LogP) is 4.52. The van der Waals surface area contributed by atoms with Crippen LogP contribution < -0.4 is 10.6 Å². The van der Waals surface area contributed by atoms with E-state index in [-0.39, 0.29) is 30.0 Å². The molecule has 1 spiro atoms. The average molecular weight is 476 g/mol. The minimum absolute atomic E-state index is 0.0737. The van der Waals surface area contributed by atoms with Crippen LogP contribution in [0.25, 0.3) is 0 Å². The zero-order valence-electron chi connectivity index (χ0n) is 19.6. The van der Waals surface area contributed by atoms with Gasteiger partial charge in [0.1, 0.15) is 0 Å². The van der Waals surface area contributed by atoms with E-state index in [2.05, 4.69) is 16.7 Å². The highest BCUT2D eigenvalue weighted by Crippen LogP contribution is 2.51. The van der Waals surface area contributed by atoms with E-state index in [9.17, 15) is 18.0 Å². The van der Waals surface area contributed by atoms with Crippen LogP contribution in [0.15, 0.2) is 54.6 Å². The molecule has 184 valence electrons. The molecule has 8 heteroatoms. The summed E-state index contributed by atoms with van der Waals surface area (Å²) in [5, 5.41) is 6.76. The third-order valence-electron chi connectivity index (χ3n) is 7.73. The van der Waals surface area contributed by atoms with E-state index in [1.54, 1.807) is 6.07 Å². The molecule has 2 aliphatic rings. The Hall–Kier alpha value is -2.58. The molecule has 2 fully saturated rings. The molecule has 2 aliphatic heterocycles. The van der Waals surface area contributed by atoms with Crippen LogP contribution in [0.2, 0.25) is 0 Å². The molecule has 1 amide bonds. The Morgan fingerprint density at radius 2 is 1.71 bits per heavy atom. The molecular formula is C26H32F3N3O2. The van der Waals surface area contributed by atoms with E-state index < -0.39 is 17.7 Å². The van der Waals surface area contributed by atoms with Gasteiger partial charge >= 0.3 is 6.18 Å². The Morgan fingerprint density at radius 1 is 1.06 bits per heavy atom. The molecule has 0 aromatic heterocycles. The summed E-state index contributed by atoms with van der Waals surface area (Å²) in [7, 11) is 2.86. The molecule has 5 nitrogen and oxygen atoms in total. The van der Waals surface area contributed by atoms with E-state index in [1.165, 1.54) is 34.7 Å². The number of carbonyl (C=O) groups excluding carboxylic acids is 1. The van der Waals surface area contributed by atoms with Crippen molar-refractivity contribution < 1.29 is 22.7 Å². The SMILES string of the molecule is CNc1ccccc1[C@@H]1CNCCC12CCN(C(=O)[C@](OC)(c1ccccc1)C(F)(F)F)CC2. The second-order valence-electron chi connectivity index (χ2n) is 9.25. The molecule has 34 heavy (non-hydrogen) atoms. The number of amides is 1. The van der Waals surface area contributed by atoms with Crippen LogP contribution in [0.5, 0.6) is 0 Å². The van der Waals surface area contributed by atoms with Crippen molar-refractivity contribution in [3.63, 3.8) is 0 Å². The summed E-state index contributed by atoms with van der Waals surface area (Å²) in [4.78, 5) is 14.8. The van der Waals surface area contributed by atoms with Crippen LogP contribution in [-0.4, -0.2) is 57.3 Å². The van der Waals surface area contributed by atoms with Crippen molar-refractivity contribution in [1.82, 2.24) is 10.2 Å². The number of methoxy groups -OCH3 is 1. The number of alkyl halides is 3. The number of rotatable bonds is 5. The maximum Gasteiger partial charge on any atom is 0.430 e. The second-order valence-corrected chi connectivity index (χ2v) is 9.25. The van der Waals surface area contributed by atoms with Gasteiger partial charge in [0, 0.05) is 51.0 Å². The van der Waals surface area contributed by atoms with Crippen LogP contribution in [0, 0.1) is 5.41 Å². The maximum atomic E-state index is 14.4. The molecule has 2 atom stereocenters. The summed E-state index contributed by atoms with van der Waals surface area (Å²) in [5.74, 6) is -0.823. The van der Waals surface area contributed by atoms with Crippen LogP contribution >= 0.6 is 0 Å². The quantitative estimate of drug-likeness (QED) is 0.668. The zero-order valence-corrected chi connectivity index (χ0v) is 19.6. The van der Waals surface area contributed by atoms with Gasteiger partial charge in [-0.25, -0.2) is 0 Å². The number of hydrogen-bond donors (Lipinski definition) is 2. The van der Waals surface area contributed by atoms with Gasteiger partial charge < -0.3 is 20.3 Å². The molecule has 0 aliphatic carbocycles. The number of piperidine rings is 2. The number of para-hydroxylation sites is 1. The number of hydrogen-bond acceptors (Lipinski definition) is 4. The number of halogens is 3. The van der Waals surface area contributed by atoms with E-state index in [0.717, 1.165) is 32.3 Å².